The zero-order valence-electron chi connectivity index (χ0n) is 10.6. The van der Waals surface area contributed by atoms with Crippen molar-refractivity contribution in [1.29, 1.82) is 0 Å². The summed E-state index contributed by atoms with van der Waals surface area (Å²) in [4.78, 5) is 11.7. The van der Waals surface area contributed by atoms with E-state index in [1.165, 1.54) is 0 Å². The number of nitrogens with two attached hydrogens (primary N) is 1. The van der Waals surface area contributed by atoms with Gasteiger partial charge < -0.3 is 16.2 Å². The molecule has 100 valence electrons. The van der Waals surface area contributed by atoms with Gasteiger partial charge in [-0.3, -0.25) is 9.48 Å². The standard InChI is InChI=1S/C12H20N4O2/c1-8(13)12(18)15-10-3-2-4-11-9(10)7-14-16(11)5-6-17/h7-8,10,17H,2-6,13H2,1H3,(H,15,18)/t8-,10?/m0/s1. The lowest BCUT2D eigenvalue weighted by Crippen LogP contribution is -2.41. The van der Waals surface area contributed by atoms with Crippen LogP contribution in [0.2, 0.25) is 0 Å². The van der Waals surface area contributed by atoms with Gasteiger partial charge in [0.05, 0.1) is 31.4 Å². The number of hydrogen-bond donors (Lipinski definition) is 3. The largest absolute Gasteiger partial charge is 0.394 e. The van der Waals surface area contributed by atoms with E-state index in [-0.39, 0.29) is 18.6 Å². The Bertz CT molecular complexity index is 428. The number of aromatic nitrogens is 2. The number of amides is 1. The number of nitrogens with one attached hydrogen (secondary N) is 1. The number of hydrogen-bond acceptors (Lipinski definition) is 4. The van der Waals surface area contributed by atoms with Crippen molar-refractivity contribution in [3.05, 3.63) is 17.5 Å². The zero-order valence-corrected chi connectivity index (χ0v) is 10.6. The van der Waals surface area contributed by atoms with Gasteiger partial charge in [-0.15, -0.1) is 0 Å². The molecule has 1 aromatic heterocycles. The van der Waals surface area contributed by atoms with Crippen LogP contribution in [0, 0.1) is 0 Å². The second kappa shape index (κ2) is 5.49. The second-order valence-electron chi connectivity index (χ2n) is 4.74. The molecule has 0 saturated carbocycles. The van der Waals surface area contributed by atoms with Crippen LogP contribution in [-0.4, -0.2) is 33.4 Å². The van der Waals surface area contributed by atoms with Gasteiger partial charge in [0.25, 0.3) is 0 Å². The maximum atomic E-state index is 11.7. The first-order valence-electron chi connectivity index (χ1n) is 6.35. The molecule has 6 heteroatoms. The van der Waals surface area contributed by atoms with Gasteiger partial charge in [0, 0.05) is 11.3 Å². The predicted octanol–water partition coefficient (Wildman–Crippen LogP) is -0.284. The molecule has 1 amide bonds. The molecular formula is C12H20N4O2. The highest BCUT2D eigenvalue weighted by Gasteiger charge is 2.25. The van der Waals surface area contributed by atoms with Crippen molar-refractivity contribution in [3.8, 4) is 0 Å². The van der Waals surface area contributed by atoms with Crippen LogP contribution in [0.1, 0.15) is 37.1 Å². The van der Waals surface area contributed by atoms with Gasteiger partial charge in [0.1, 0.15) is 0 Å². The van der Waals surface area contributed by atoms with E-state index in [9.17, 15) is 4.79 Å². The SMILES string of the molecule is C[C@H](N)C(=O)NC1CCCc2c1cnn2CCO. The summed E-state index contributed by atoms with van der Waals surface area (Å²) in [5.41, 5.74) is 7.74. The van der Waals surface area contributed by atoms with Crippen LogP contribution in [0.5, 0.6) is 0 Å². The zero-order chi connectivity index (χ0) is 13.1. The fourth-order valence-electron chi connectivity index (χ4n) is 2.36. The van der Waals surface area contributed by atoms with Gasteiger partial charge in [-0.25, -0.2) is 0 Å². The monoisotopic (exact) mass is 252 g/mol. The van der Waals surface area contributed by atoms with Crippen LogP contribution in [0.4, 0.5) is 0 Å². The summed E-state index contributed by atoms with van der Waals surface area (Å²) in [5.74, 6) is -0.136. The van der Waals surface area contributed by atoms with Crippen molar-refractivity contribution in [2.45, 2.75) is 44.8 Å². The third kappa shape index (κ3) is 2.54. The van der Waals surface area contributed by atoms with Crippen LogP contribution >= 0.6 is 0 Å². The quantitative estimate of drug-likeness (QED) is 0.687. The molecule has 6 nitrogen and oxygen atoms in total. The lowest BCUT2D eigenvalue weighted by atomic mass is 9.92. The minimum absolute atomic E-state index is 0.000284. The first-order valence-corrected chi connectivity index (χ1v) is 6.35. The molecule has 1 aromatic rings. The highest BCUT2D eigenvalue weighted by Crippen LogP contribution is 2.29. The topological polar surface area (TPSA) is 93.2 Å². The number of nitrogens with zero attached hydrogens (tertiary/aromatic N) is 2. The molecule has 0 aromatic carbocycles. The lowest BCUT2D eigenvalue weighted by molar-refractivity contribution is -0.122. The molecule has 4 N–H and O–H groups in total. The van der Waals surface area contributed by atoms with Crippen molar-refractivity contribution >= 4 is 5.91 Å². The number of carbonyl (C=O) groups is 1. The molecule has 0 fully saturated rings. The molecule has 0 aliphatic heterocycles. The maximum absolute atomic E-state index is 11.7. The third-order valence-electron chi connectivity index (χ3n) is 3.30. The summed E-state index contributed by atoms with van der Waals surface area (Å²) >= 11 is 0. The van der Waals surface area contributed by atoms with Gasteiger partial charge in [0.2, 0.25) is 5.91 Å². The first-order chi connectivity index (χ1) is 8.63. The van der Waals surface area contributed by atoms with Gasteiger partial charge in [-0.05, 0) is 26.2 Å². The minimum Gasteiger partial charge on any atom is -0.394 e. The Kier molecular flexibility index (Phi) is 3.98. The fourth-order valence-corrected chi connectivity index (χ4v) is 2.36. The molecule has 1 aliphatic rings. The Morgan fingerprint density at radius 3 is 3.22 bits per heavy atom. The summed E-state index contributed by atoms with van der Waals surface area (Å²) in [7, 11) is 0. The molecule has 1 unspecified atom stereocenters. The third-order valence-corrected chi connectivity index (χ3v) is 3.30. The molecule has 0 spiro atoms. The maximum Gasteiger partial charge on any atom is 0.237 e. The van der Waals surface area contributed by atoms with Crippen LogP contribution in [0.25, 0.3) is 0 Å². The number of fused-ring (bicyclic) bond motifs is 1. The highest BCUT2D eigenvalue weighted by molar-refractivity contribution is 5.81. The van der Waals surface area contributed by atoms with Gasteiger partial charge in [-0.1, -0.05) is 0 Å². The average molecular weight is 252 g/mol. The fraction of sp³-hybridized carbons (Fsp3) is 0.667. The van der Waals surface area contributed by atoms with Crippen molar-refractivity contribution in [2.24, 2.45) is 5.73 Å². The van der Waals surface area contributed by atoms with Crippen molar-refractivity contribution in [3.63, 3.8) is 0 Å². The molecule has 2 rings (SSSR count). The Labute approximate surface area is 106 Å². The number of aliphatic hydroxyl groups excluding tert-OH is 1. The molecule has 0 bridgehead atoms. The summed E-state index contributed by atoms with van der Waals surface area (Å²) in [6, 6.07) is -0.498. The predicted molar refractivity (Wildman–Crippen MR) is 66.8 cm³/mol. The molecule has 0 radical (unpaired) electrons. The van der Waals surface area contributed by atoms with E-state index < -0.39 is 6.04 Å². The summed E-state index contributed by atoms with van der Waals surface area (Å²) in [5, 5.41) is 16.2. The van der Waals surface area contributed by atoms with E-state index >= 15 is 0 Å². The minimum atomic E-state index is -0.497. The Morgan fingerprint density at radius 1 is 1.78 bits per heavy atom. The summed E-state index contributed by atoms with van der Waals surface area (Å²) < 4.78 is 1.82. The van der Waals surface area contributed by atoms with Crippen molar-refractivity contribution in [1.82, 2.24) is 15.1 Å². The summed E-state index contributed by atoms with van der Waals surface area (Å²) in [6.45, 7) is 2.25. The van der Waals surface area contributed by atoms with Crippen LogP contribution in [0.15, 0.2) is 6.20 Å². The van der Waals surface area contributed by atoms with E-state index in [1.54, 1.807) is 13.1 Å². The first kappa shape index (κ1) is 13.0. The number of carbonyl (C=O) groups excluding carboxylic acids is 1. The van der Waals surface area contributed by atoms with E-state index in [0.29, 0.717) is 6.54 Å². The van der Waals surface area contributed by atoms with E-state index in [1.807, 2.05) is 4.68 Å². The van der Waals surface area contributed by atoms with E-state index in [2.05, 4.69) is 10.4 Å². The van der Waals surface area contributed by atoms with Crippen molar-refractivity contribution < 1.29 is 9.90 Å². The molecular weight excluding hydrogens is 232 g/mol. The molecule has 2 atom stereocenters. The van der Waals surface area contributed by atoms with E-state index in [0.717, 1.165) is 30.5 Å². The molecule has 18 heavy (non-hydrogen) atoms. The van der Waals surface area contributed by atoms with Crippen molar-refractivity contribution in [2.75, 3.05) is 6.61 Å². The molecule has 1 aliphatic carbocycles. The molecule has 1 heterocycles. The summed E-state index contributed by atoms with van der Waals surface area (Å²) in [6.07, 6.45) is 4.65. The van der Waals surface area contributed by atoms with Gasteiger partial charge >= 0.3 is 0 Å². The smallest absolute Gasteiger partial charge is 0.237 e. The Hall–Kier alpha value is -1.40. The average Bonchev–Trinajstić information content (AvgIpc) is 2.74. The van der Waals surface area contributed by atoms with Gasteiger partial charge in [0.15, 0.2) is 0 Å². The van der Waals surface area contributed by atoms with Crippen LogP contribution in [0.3, 0.4) is 0 Å². The normalized spacial score (nSPS) is 20.3. The van der Waals surface area contributed by atoms with Crippen LogP contribution in [-0.2, 0) is 17.8 Å². The second-order valence-corrected chi connectivity index (χ2v) is 4.74. The Balaban J connectivity index is 2.15. The number of aliphatic hydroxyl groups is 1. The van der Waals surface area contributed by atoms with E-state index in [4.69, 9.17) is 10.8 Å². The highest BCUT2D eigenvalue weighted by atomic mass is 16.3. The lowest BCUT2D eigenvalue weighted by Gasteiger charge is -2.24. The van der Waals surface area contributed by atoms with Gasteiger partial charge in [-0.2, -0.15) is 5.10 Å². The Morgan fingerprint density at radius 2 is 2.56 bits per heavy atom. The number of rotatable bonds is 4. The molecule has 0 saturated heterocycles. The van der Waals surface area contributed by atoms with Crippen LogP contribution < -0.4 is 11.1 Å².